The number of likely N-dealkylation sites (tertiary alicyclic amines) is 1. The highest BCUT2D eigenvalue weighted by Crippen LogP contribution is 2.49. The van der Waals surface area contributed by atoms with Crippen LogP contribution in [0.25, 0.3) is 0 Å². The van der Waals surface area contributed by atoms with E-state index in [1.807, 2.05) is 0 Å². The molecule has 2 fully saturated rings. The summed E-state index contributed by atoms with van der Waals surface area (Å²) in [6.07, 6.45) is 9.32. The van der Waals surface area contributed by atoms with Crippen LogP contribution in [0.2, 0.25) is 0 Å². The number of nitrogens with zero attached hydrogens (tertiary/aromatic N) is 3. The van der Waals surface area contributed by atoms with Gasteiger partial charge in [0.25, 0.3) is 0 Å². The van der Waals surface area contributed by atoms with Gasteiger partial charge in [-0.3, -0.25) is 9.58 Å². The number of aliphatic carboxylic acids is 2. The number of aryl methyl sites for hydroxylation is 2. The number of benzene rings is 2. The fraction of sp³-hybridized carbons (Fsp3) is 0.424. The van der Waals surface area contributed by atoms with Gasteiger partial charge in [0.2, 0.25) is 0 Å². The molecular formula is C33H39N3O7S. The van der Waals surface area contributed by atoms with E-state index in [4.69, 9.17) is 14.9 Å². The number of hydrogen-bond donors (Lipinski definition) is 2. The van der Waals surface area contributed by atoms with Gasteiger partial charge >= 0.3 is 11.9 Å². The molecule has 0 amide bonds. The monoisotopic (exact) mass is 621 g/mol. The number of ether oxygens (including phenoxy) is 1. The van der Waals surface area contributed by atoms with E-state index in [1.165, 1.54) is 53.5 Å². The molecule has 0 radical (unpaired) electrons. The predicted octanol–water partition coefficient (Wildman–Crippen LogP) is 3.97. The van der Waals surface area contributed by atoms with Crippen molar-refractivity contribution in [1.82, 2.24) is 14.7 Å². The largest absolute Gasteiger partial charge is 0.494 e. The molecule has 11 heteroatoms. The normalized spacial score (nSPS) is 22.5. The molecule has 2 N–H and O–H groups in total. The first-order valence-corrected chi connectivity index (χ1v) is 16.6. The van der Waals surface area contributed by atoms with Gasteiger partial charge in [-0.2, -0.15) is 5.10 Å². The Morgan fingerprint density at radius 2 is 1.75 bits per heavy atom. The molecule has 44 heavy (non-hydrogen) atoms. The summed E-state index contributed by atoms with van der Waals surface area (Å²) in [6.45, 7) is 2.90. The van der Waals surface area contributed by atoms with Crippen molar-refractivity contribution < 1.29 is 33.0 Å². The minimum absolute atomic E-state index is 0.0552. The maximum absolute atomic E-state index is 12.5. The molecule has 1 saturated carbocycles. The Balaban J connectivity index is 0.000000426. The number of piperidine rings is 1. The first kappa shape index (κ1) is 31.5. The summed E-state index contributed by atoms with van der Waals surface area (Å²) in [6, 6.07) is 17.9. The van der Waals surface area contributed by atoms with Gasteiger partial charge < -0.3 is 14.9 Å². The van der Waals surface area contributed by atoms with Crippen LogP contribution >= 0.6 is 0 Å². The lowest BCUT2D eigenvalue weighted by Crippen LogP contribution is -2.42. The smallest absolute Gasteiger partial charge is 0.328 e. The van der Waals surface area contributed by atoms with Crippen LogP contribution in [-0.2, 0) is 39.3 Å². The van der Waals surface area contributed by atoms with Crippen molar-refractivity contribution in [3.8, 4) is 5.75 Å². The van der Waals surface area contributed by atoms with Crippen molar-refractivity contribution in [3.63, 3.8) is 0 Å². The molecule has 10 nitrogen and oxygen atoms in total. The van der Waals surface area contributed by atoms with Crippen molar-refractivity contribution in [2.24, 2.45) is 18.9 Å². The summed E-state index contributed by atoms with van der Waals surface area (Å²) >= 11 is 0. The van der Waals surface area contributed by atoms with E-state index in [2.05, 4.69) is 58.5 Å². The van der Waals surface area contributed by atoms with Gasteiger partial charge in [-0.1, -0.05) is 36.4 Å². The average Bonchev–Trinajstić information content (AvgIpc) is 3.35. The van der Waals surface area contributed by atoms with Crippen LogP contribution in [0, 0.1) is 11.8 Å². The summed E-state index contributed by atoms with van der Waals surface area (Å²) in [5.41, 5.74) is 4.23. The number of fused-ring (bicyclic) bond motifs is 2. The second kappa shape index (κ2) is 13.8. The van der Waals surface area contributed by atoms with E-state index < -0.39 is 21.8 Å². The molecule has 6 rings (SSSR count). The molecule has 2 aromatic carbocycles. The Morgan fingerprint density at radius 3 is 2.39 bits per heavy atom. The van der Waals surface area contributed by atoms with Crippen molar-refractivity contribution >= 4 is 21.8 Å². The van der Waals surface area contributed by atoms with E-state index in [-0.39, 0.29) is 10.6 Å². The summed E-state index contributed by atoms with van der Waals surface area (Å²) in [4.78, 5) is 22.1. The molecule has 1 aliphatic heterocycles. The molecule has 2 heterocycles. The van der Waals surface area contributed by atoms with Crippen LogP contribution in [0.5, 0.6) is 5.75 Å². The van der Waals surface area contributed by atoms with Crippen LogP contribution in [0.3, 0.4) is 0 Å². The Morgan fingerprint density at radius 1 is 1.05 bits per heavy atom. The van der Waals surface area contributed by atoms with Crippen LogP contribution in [0.15, 0.2) is 78.0 Å². The molecule has 1 aromatic heterocycles. The fourth-order valence-electron chi connectivity index (χ4n) is 6.46. The van der Waals surface area contributed by atoms with E-state index in [9.17, 15) is 18.0 Å². The van der Waals surface area contributed by atoms with Gasteiger partial charge in [-0.15, -0.1) is 0 Å². The zero-order valence-electron chi connectivity index (χ0n) is 24.8. The molecule has 3 aliphatic rings. The average molecular weight is 622 g/mol. The van der Waals surface area contributed by atoms with Gasteiger partial charge in [0.15, 0.2) is 9.84 Å². The third-order valence-electron chi connectivity index (χ3n) is 8.70. The first-order valence-electron chi connectivity index (χ1n) is 15.0. The second-order valence-electron chi connectivity index (χ2n) is 11.9. The Labute approximate surface area is 257 Å². The minimum atomic E-state index is -3.34. The number of hydrogen-bond acceptors (Lipinski definition) is 7. The zero-order valence-corrected chi connectivity index (χ0v) is 25.6. The molecule has 1 saturated heterocycles. The highest BCUT2D eigenvalue weighted by molar-refractivity contribution is 7.91. The van der Waals surface area contributed by atoms with Crippen LogP contribution in [0.1, 0.15) is 41.9 Å². The first-order chi connectivity index (χ1) is 21.1. The van der Waals surface area contributed by atoms with Crippen molar-refractivity contribution in [1.29, 1.82) is 0 Å². The third-order valence-corrected chi connectivity index (χ3v) is 10.5. The van der Waals surface area contributed by atoms with Crippen LogP contribution < -0.4 is 4.74 Å². The summed E-state index contributed by atoms with van der Waals surface area (Å²) in [5, 5.41) is 19.6. The van der Waals surface area contributed by atoms with E-state index >= 15 is 0 Å². The lowest BCUT2D eigenvalue weighted by Gasteiger charge is -2.40. The highest BCUT2D eigenvalue weighted by atomic mass is 32.2. The summed E-state index contributed by atoms with van der Waals surface area (Å²) in [5.74, 6) is 0.695. The maximum Gasteiger partial charge on any atom is 0.328 e. The Bertz CT molecular complexity index is 1580. The van der Waals surface area contributed by atoms with Gasteiger partial charge in [0.1, 0.15) is 10.6 Å². The molecule has 2 aliphatic carbocycles. The summed E-state index contributed by atoms with van der Waals surface area (Å²) < 4.78 is 32.7. The number of carboxylic acids is 2. The third kappa shape index (κ3) is 8.15. The molecular weight excluding hydrogens is 582 g/mol. The number of rotatable bonds is 11. The van der Waals surface area contributed by atoms with Gasteiger partial charge in [-0.25, -0.2) is 18.0 Å². The number of carboxylic acid groups (broad SMARTS) is 2. The summed E-state index contributed by atoms with van der Waals surface area (Å²) in [7, 11) is -1.62. The Kier molecular flexibility index (Phi) is 9.85. The minimum Gasteiger partial charge on any atom is -0.494 e. The van der Waals surface area contributed by atoms with Gasteiger partial charge in [-0.05, 0) is 72.8 Å². The molecule has 0 spiro atoms. The van der Waals surface area contributed by atoms with Crippen molar-refractivity contribution in [2.45, 2.75) is 49.0 Å². The number of aromatic nitrogens is 2. The van der Waals surface area contributed by atoms with E-state index in [0.717, 1.165) is 30.4 Å². The standard InChI is InChI=1S/C29H35N3O3S.C4H4O4/c1-31-20-26(17-30-31)36(33,34)13-5-12-35-25-10-8-22-9-11-29(32-18-23-15-24(23)19-32)28(27(22)16-25)14-21-6-3-2-4-7-21;5-3(6)1-2-4(7)8/h2-4,6-8,10,16-17,20,23-24,28-29H,5,9,11-15,18-19H2,1H3;1-2H,(H,5,6)(H,7,8)/b;2-1+. The van der Waals surface area contributed by atoms with Crippen LogP contribution in [0.4, 0.5) is 0 Å². The maximum atomic E-state index is 12.5. The predicted molar refractivity (Wildman–Crippen MR) is 164 cm³/mol. The highest BCUT2D eigenvalue weighted by Gasteiger charge is 2.48. The van der Waals surface area contributed by atoms with Crippen molar-refractivity contribution in [2.75, 3.05) is 25.4 Å². The Hall–Kier alpha value is -3.96. The molecule has 0 bridgehead atoms. The quantitative estimate of drug-likeness (QED) is 0.241. The van der Waals surface area contributed by atoms with Gasteiger partial charge in [0.05, 0.1) is 18.6 Å². The molecule has 4 atom stereocenters. The lowest BCUT2D eigenvalue weighted by atomic mass is 9.75. The second-order valence-corrected chi connectivity index (χ2v) is 14.0. The molecule has 4 unspecified atom stereocenters. The molecule has 234 valence electrons. The fourth-order valence-corrected chi connectivity index (χ4v) is 7.72. The van der Waals surface area contributed by atoms with Crippen LogP contribution in [-0.4, -0.2) is 76.7 Å². The van der Waals surface area contributed by atoms with Crippen molar-refractivity contribution in [3.05, 3.63) is 89.8 Å². The van der Waals surface area contributed by atoms with Gasteiger partial charge in [0, 0.05) is 50.4 Å². The zero-order chi connectivity index (χ0) is 31.3. The number of sulfone groups is 1. The molecule has 3 aromatic rings. The topological polar surface area (TPSA) is 139 Å². The SMILES string of the molecule is Cn1cc(S(=O)(=O)CCCOc2ccc3c(c2)C(Cc2ccccc2)C(N2CC4CC4C2)CC3)cn1.O=C(O)/C=C/C(=O)O. The van der Waals surface area contributed by atoms with E-state index in [1.54, 1.807) is 13.2 Å². The lowest BCUT2D eigenvalue weighted by molar-refractivity contribution is -0.134. The van der Waals surface area contributed by atoms with E-state index in [0.29, 0.717) is 37.1 Å². The number of carbonyl (C=O) groups is 2.